The van der Waals surface area contributed by atoms with Crippen molar-refractivity contribution >= 4 is 17.3 Å². The van der Waals surface area contributed by atoms with Gasteiger partial charge in [0.25, 0.3) is 0 Å². The molecule has 1 aromatic rings. The van der Waals surface area contributed by atoms with Crippen LogP contribution in [0.3, 0.4) is 0 Å². The fraction of sp³-hybridized carbons (Fsp3) is 0.500. The largest absolute Gasteiger partial charge is 0.621 e. The average Bonchev–Trinajstić information content (AvgIpc) is 2.50. The molecule has 3 N–H and O–H groups in total. The molecule has 8 nitrogen and oxygen atoms in total. The van der Waals surface area contributed by atoms with E-state index in [2.05, 4.69) is 10.4 Å². The standard InChI is InChI=1S/C14H21N5O3/c1-17(2)8-7-15-14-16-19(21)13-10-4-3-9-22-12(10)6-5-11(13)18(14)20/h5-6,18-19H,3-4,7-9H2,1-2H3,(H,15,16). The van der Waals surface area contributed by atoms with Gasteiger partial charge in [-0.05, 0) is 33.0 Å². The molecule has 22 heavy (non-hydrogen) atoms. The van der Waals surface area contributed by atoms with Crippen LogP contribution in [-0.2, 0) is 6.42 Å². The van der Waals surface area contributed by atoms with Gasteiger partial charge >= 0.3 is 5.96 Å². The van der Waals surface area contributed by atoms with E-state index in [9.17, 15) is 10.4 Å². The highest BCUT2D eigenvalue weighted by atomic mass is 16.6. The van der Waals surface area contributed by atoms with E-state index in [0.29, 0.717) is 30.3 Å². The summed E-state index contributed by atoms with van der Waals surface area (Å²) in [5, 5.41) is 24.4. The summed E-state index contributed by atoms with van der Waals surface area (Å²) >= 11 is 0. The second-order valence-electron chi connectivity index (χ2n) is 5.73. The van der Waals surface area contributed by atoms with Crippen molar-refractivity contribution in [1.29, 1.82) is 0 Å². The predicted molar refractivity (Wildman–Crippen MR) is 82.2 cm³/mol. The molecule has 0 bridgehead atoms. The van der Waals surface area contributed by atoms with Gasteiger partial charge in [0.2, 0.25) is 11.4 Å². The van der Waals surface area contributed by atoms with Crippen LogP contribution >= 0.6 is 0 Å². The smallest absolute Gasteiger partial charge is 0.347 e. The summed E-state index contributed by atoms with van der Waals surface area (Å²) in [4.78, 5) is 6.20. The molecule has 0 aliphatic carbocycles. The van der Waals surface area contributed by atoms with E-state index in [1.807, 2.05) is 19.0 Å². The number of ether oxygens (including phenoxy) is 1. The molecule has 0 saturated heterocycles. The predicted octanol–water partition coefficient (Wildman–Crippen LogP) is -1.52. The van der Waals surface area contributed by atoms with E-state index in [4.69, 9.17) is 4.74 Å². The minimum absolute atomic E-state index is 0.135. The molecule has 0 aromatic heterocycles. The van der Waals surface area contributed by atoms with E-state index in [1.54, 1.807) is 12.1 Å². The number of nitrogens with one attached hydrogen (secondary N) is 3. The van der Waals surface area contributed by atoms with Crippen LogP contribution in [0, 0.1) is 10.4 Å². The van der Waals surface area contributed by atoms with Crippen LogP contribution in [0.2, 0.25) is 0 Å². The SMILES string of the molecule is CN(C)CCN=C1N[NH+]([O-])c2c(ccc3c2CCCO3)[NH+]1[O-]. The molecule has 2 aliphatic rings. The molecule has 0 radical (unpaired) electrons. The number of likely N-dealkylation sites (N-methyl/N-ethyl adjacent to an activating group) is 1. The third-order valence-electron chi connectivity index (χ3n) is 3.83. The van der Waals surface area contributed by atoms with Gasteiger partial charge in [0.05, 0.1) is 18.7 Å². The normalized spacial score (nSPS) is 25.4. The van der Waals surface area contributed by atoms with Crippen molar-refractivity contribution in [3.63, 3.8) is 0 Å². The average molecular weight is 307 g/mol. The maximum Gasteiger partial charge on any atom is 0.347 e. The number of fused-ring (bicyclic) bond motifs is 3. The molecule has 0 spiro atoms. The first-order valence-electron chi connectivity index (χ1n) is 7.42. The lowest BCUT2D eigenvalue weighted by Gasteiger charge is -2.36. The van der Waals surface area contributed by atoms with Gasteiger partial charge in [0.1, 0.15) is 5.75 Å². The summed E-state index contributed by atoms with van der Waals surface area (Å²) in [6, 6.07) is 3.45. The number of benzene rings is 1. The first kappa shape index (κ1) is 15.2. The molecule has 0 fully saturated rings. The number of guanidine groups is 1. The van der Waals surface area contributed by atoms with Crippen molar-refractivity contribution in [2.75, 3.05) is 33.8 Å². The molecule has 1 aromatic carbocycles. The lowest BCUT2D eigenvalue weighted by molar-refractivity contribution is -0.851. The van der Waals surface area contributed by atoms with Crippen molar-refractivity contribution < 1.29 is 15.0 Å². The summed E-state index contributed by atoms with van der Waals surface area (Å²) in [5.74, 6) is 0.844. The first-order valence-corrected chi connectivity index (χ1v) is 7.42. The highest BCUT2D eigenvalue weighted by Gasteiger charge is 2.34. The van der Waals surface area contributed by atoms with Gasteiger partial charge in [0.15, 0.2) is 0 Å². The molecule has 3 rings (SSSR count). The van der Waals surface area contributed by atoms with Gasteiger partial charge in [-0.3, -0.25) is 5.06 Å². The first-order chi connectivity index (χ1) is 10.6. The summed E-state index contributed by atoms with van der Waals surface area (Å²) in [5.41, 5.74) is 4.35. The highest BCUT2D eigenvalue weighted by Crippen LogP contribution is 2.33. The van der Waals surface area contributed by atoms with Crippen molar-refractivity contribution in [2.45, 2.75) is 12.8 Å². The number of quaternary nitrogens is 2. The number of rotatable bonds is 3. The lowest BCUT2D eigenvalue weighted by Crippen LogP contribution is -3.24. The molecule has 120 valence electrons. The Morgan fingerprint density at radius 2 is 2.18 bits per heavy atom. The summed E-state index contributed by atoms with van der Waals surface area (Å²) in [6.45, 7) is 1.84. The second-order valence-corrected chi connectivity index (χ2v) is 5.73. The Kier molecular flexibility index (Phi) is 4.27. The lowest BCUT2D eigenvalue weighted by atomic mass is 10.0. The number of hydroxylamine groups is 1. The summed E-state index contributed by atoms with van der Waals surface area (Å²) in [6.07, 6.45) is 1.61. The Morgan fingerprint density at radius 3 is 2.95 bits per heavy atom. The third-order valence-corrected chi connectivity index (χ3v) is 3.83. The molecule has 0 saturated carbocycles. The molecule has 2 unspecified atom stereocenters. The van der Waals surface area contributed by atoms with Gasteiger partial charge in [-0.15, -0.1) is 0 Å². The maximum atomic E-state index is 12.5. The molecule has 2 heterocycles. The fourth-order valence-electron chi connectivity index (χ4n) is 2.72. The molecule has 8 heteroatoms. The summed E-state index contributed by atoms with van der Waals surface area (Å²) < 4.78 is 5.56. The van der Waals surface area contributed by atoms with Gasteiger partial charge in [-0.25, -0.2) is 10.2 Å². The second kappa shape index (κ2) is 6.19. The van der Waals surface area contributed by atoms with E-state index in [0.717, 1.165) is 24.9 Å². The van der Waals surface area contributed by atoms with Crippen molar-refractivity contribution in [2.24, 2.45) is 4.99 Å². The molecule has 2 atom stereocenters. The van der Waals surface area contributed by atoms with Crippen molar-refractivity contribution in [3.8, 4) is 5.75 Å². The number of hydrogen-bond acceptors (Lipinski definition) is 5. The van der Waals surface area contributed by atoms with Crippen molar-refractivity contribution in [3.05, 3.63) is 28.1 Å². The van der Waals surface area contributed by atoms with E-state index >= 15 is 0 Å². The topological polar surface area (TPSA) is 91.9 Å². The quantitative estimate of drug-likeness (QED) is 0.590. The van der Waals surface area contributed by atoms with Crippen LogP contribution in [0.5, 0.6) is 5.75 Å². The van der Waals surface area contributed by atoms with Crippen LogP contribution in [-0.4, -0.2) is 44.7 Å². The van der Waals surface area contributed by atoms with E-state index < -0.39 is 0 Å². The summed E-state index contributed by atoms with van der Waals surface area (Å²) in [7, 11) is 3.87. The van der Waals surface area contributed by atoms with Crippen LogP contribution in [0.4, 0.5) is 11.4 Å². The Balaban J connectivity index is 1.91. The Bertz CT molecular complexity index is 590. The number of nitrogens with zero attached hydrogens (tertiary/aromatic N) is 2. The van der Waals surface area contributed by atoms with Crippen LogP contribution in [0.1, 0.15) is 12.0 Å². The molecule has 0 amide bonds. The fourth-order valence-corrected chi connectivity index (χ4v) is 2.72. The molecule has 2 aliphatic heterocycles. The Morgan fingerprint density at radius 1 is 1.36 bits per heavy atom. The van der Waals surface area contributed by atoms with E-state index in [1.165, 1.54) is 0 Å². The van der Waals surface area contributed by atoms with E-state index in [-0.39, 0.29) is 16.2 Å². The molecular formula is C14H21N5O3. The van der Waals surface area contributed by atoms with Gasteiger partial charge in [-0.2, -0.15) is 5.43 Å². The molecular weight excluding hydrogens is 286 g/mol. The Labute approximate surface area is 129 Å². The third kappa shape index (κ3) is 2.79. The number of hydrogen-bond donors (Lipinski definition) is 3. The van der Waals surface area contributed by atoms with Crippen molar-refractivity contribution in [1.82, 2.24) is 10.3 Å². The van der Waals surface area contributed by atoms with Gasteiger partial charge in [0, 0.05) is 12.6 Å². The van der Waals surface area contributed by atoms with Crippen LogP contribution in [0.15, 0.2) is 17.1 Å². The monoisotopic (exact) mass is 307 g/mol. The highest BCUT2D eigenvalue weighted by molar-refractivity contribution is 5.78. The van der Waals surface area contributed by atoms with Crippen LogP contribution in [0.25, 0.3) is 0 Å². The number of aliphatic imine (C=N–C) groups is 1. The zero-order chi connectivity index (χ0) is 15.7. The Hall–Kier alpha value is -1.71. The minimum Gasteiger partial charge on any atom is -0.621 e. The van der Waals surface area contributed by atoms with Gasteiger partial charge in [-0.1, -0.05) is 0 Å². The van der Waals surface area contributed by atoms with Crippen LogP contribution < -0.4 is 20.4 Å². The zero-order valence-corrected chi connectivity index (χ0v) is 12.8. The van der Waals surface area contributed by atoms with Gasteiger partial charge < -0.3 is 20.1 Å². The minimum atomic E-state index is -0.263. The maximum absolute atomic E-state index is 12.5. The zero-order valence-electron chi connectivity index (χ0n) is 12.8.